The lowest BCUT2D eigenvalue weighted by Gasteiger charge is -2.08. The average Bonchev–Trinajstić information content (AvgIpc) is 3.08. The van der Waals surface area contributed by atoms with Crippen molar-refractivity contribution in [3.8, 4) is 11.4 Å². The Hall–Kier alpha value is -1.80. The van der Waals surface area contributed by atoms with Crippen LogP contribution in [0.3, 0.4) is 0 Å². The van der Waals surface area contributed by atoms with E-state index in [-0.39, 0.29) is 0 Å². The van der Waals surface area contributed by atoms with Crippen LogP contribution >= 0.6 is 23.1 Å². The zero-order valence-electron chi connectivity index (χ0n) is 13.9. The molecule has 0 saturated carbocycles. The first-order valence-corrected chi connectivity index (χ1v) is 9.37. The SMILES string of the molecule is Cc1scc(-c2nnc(SCc3cccc(C(F)(F)F)c3)n2C)c1C. The van der Waals surface area contributed by atoms with Gasteiger partial charge in [0.05, 0.1) is 5.56 Å². The van der Waals surface area contributed by atoms with Gasteiger partial charge in [0, 0.05) is 28.6 Å². The van der Waals surface area contributed by atoms with Crippen LogP contribution in [0, 0.1) is 13.8 Å². The molecule has 0 saturated heterocycles. The smallest absolute Gasteiger partial charge is 0.305 e. The van der Waals surface area contributed by atoms with E-state index in [1.807, 2.05) is 18.5 Å². The molecule has 2 aromatic heterocycles. The summed E-state index contributed by atoms with van der Waals surface area (Å²) in [6.07, 6.45) is -4.33. The average molecular weight is 383 g/mol. The van der Waals surface area contributed by atoms with Crippen molar-refractivity contribution in [3.63, 3.8) is 0 Å². The van der Waals surface area contributed by atoms with Gasteiger partial charge in [0.15, 0.2) is 11.0 Å². The van der Waals surface area contributed by atoms with Crippen LogP contribution in [0.1, 0.15) is 21.6 Å². The van der Waals surface area contributed by atoms with E-state index >= 15 is 0 Å². The van der Waals surface area contributed by atoms with Crippen LogP contribution in [0.5, 0.6) is 0 Å². The number of aromatic nitrogens is 3. The summed E-state index contributed by atoms with van der Waals surface area (Å²) < 4.78 is 40.3. The first-order valence-electron chi connectivity index (χ1n) is 7.50. The molecule has 25 heavy (non-hydrogen) atoms. The third-order valence-electron chi connectivity index (χ3n) is 3.98. The molecule has 0 atom stereocenters. The van der Waals surface area contributed by atoms with Crippen LogP contribution < -0.4 is 0 Å². The van der Waals surface area contributed by atoms with E-state index in [0.717, 1.165) is 17.5 Å². The van der Waals surface area contributed by atoms with Crippen molar-refractivity contribution in [2.45, 2.75) is 30.9 Å². The monoisotopic (exact) mass is 383 g/mol. The Morgan fingerprint density at radius 2 is 1.96 bits per heavy atom. The Labute approximate surface area is 151 Å². The lowest BCUT2D eigenvalue weighted by Crippen LogP contribution is -2.05. The second-order valence-electron chi connectivity index (χ2n) is 5.68. The number of thioether (sulfide) groups is 1. The highest BCUT2D eigenvalue weighted by atomic mass is 32.2. The molecule has 3 aromatic rings. The first-order chi connectivity index (χ1) is 11.8. The molecule has 0 radical (unpaired) electrons. The molecule has 0 bridgehead atoms. The molecular weight excluding hydrogens is 367 g/mol. The predicted octanol–water partition coefficient (Wildman–Crippen LogP) is 5.47. The van der Waals surface area contributed by atoms with Crippen molar-refractivity contribution in [2.24, 2.45) is 7.05 Å². The first kappa shape index (κ1) is 18.0. The normalized spacial score (nSPS) is 11.9. The number of alkyl halides is 3. The van der Waals surface area contributed by atoms with Crippen LogP contribution in [0.25, 0.3) is 11.4 Å². The second-order valence-corrected chi connectivity index (χ2v) is 7.71. The Kier molecular flexibility index (Phi) is 4.92. The van der Waals surface area contributed by atoms with E-state index in [1.54, 1.807) is 17.4 Å². The van der Waals surface area contributed by atoms with Crippen LogP contribution in [0.4, 0.5) is 13.2 Å². The fourth-order valence-electron chi connectivity index (χ4n) is 2.39. The van der Waals surface area contributed by atoms with Gasteiger partial charge in [-0.25, -0.2) is 0 Å². The van der Waals surface area contributed by atoms with Gasteiger partial charge in [-0.15, -0.1) is 21.5 Å². The molecule has 1 aromatic carbocycles. The maximum absolute atomic E-state index is 12.8. The van der Waals surface area contributed by atoms with Gasteiger partial charge in [-0.3, -0.25) is 0 Å². The number of rotatable bonds is 4. The molecule has 3 rings (SSSR count). The third-order valence-corrected chi connectivity index (χ3v) is 6.09. The summed E-state index contributed by atoms with van der Waals surface area (Å²) in [7, 11) is 1.87. The van der Waals surface area contributed by atoms with Crippen LogP contribution in [0.15, 0.2) is 34.8 Å². The van der Waals surface area contributed by atoms with Crippen LogP contribution in [-0.4, -0.2) is 14.8 Å². The Morgan fingerprint density at radius 1 is 1.20 bits per heavy atom. The summed E-state index contributed by atoms with van der Waals surface area (Å²) in [5.74, 6) is 1.17. The zero-order chi connectivity index (χ0) is 18.2. The molecule has 0 aliphatic heterocycles. The molecule has 0 amide bonds. The standard InChI is InChI=1S/C17H16F3N3S2/c1-10-11(2)24-9-14(10)15-21-22-16(23(15)3)25-8-12-5-4-6-13(7-12)17(18,19)20/h4-7,9H,8H2,1-3H3. The van der Waals surface area contributed by atoms with E-state index in [9.17, 15) is 13.2 Å². The van der Waals surface area contributed by atoms with E-state index < -0.39 is 11.7 Å². The van der Waals surface area contributed by atoms with Crippen LogP contribution in [-0.2, 0) is 19.0 Å². The summed E-state index contributed by atoms with van der Waals surface area (Å²) in [4.78, 5) is 1.23. The summed E-state index contributed by atoms with van der Waals surface area (Å²) in [5, 5.41) is 11.2. The lowest BCUT2D eigenvalue weighted by molar-refractivity contribution is -0.137. The number of nitrogens with zero attached hydrogens (tertiary/aromatic N) is 3. The fraction of sp³-hybridized carbons (Fsp3) is 0.294. The van der Waals surface area contributed by atoms with Crippen molar-refractivity contribution >= 4 is 23.1 Å². The van der Waals surface area contributed by atoms with Gasteiger partial charge >= 0.3 is 6.18 Å². The Morgan fingerprint density at radius 3 is 2.60 bits per heavy atom. The maximum Gasteiger partial charge on any atom is 0.416 e. The minimum atomic E-state index is -4.33. The Balaban J connectivity index is 1.78. The van der Waals surface area contributed by atoms with Crippen molar-refractivity contribution < 1.29 is 13.2 Å². The maximum atomic E-state index is 12.8. The molecule has 0 N–H and O–H groups in total. The van der Waals surface area contributed by atoms with Crippen molar-refractivity contribution in [2.75, 3.05) is 0 Å². The number of aryl methyl sites for hydroxylation is 1. The number of benzene rings is 1. The summed E-state index contributed by atoms with van der Waals surface area (Å²) in [6, 6.07) is 5.37. The van der Waals surface area contributed by atoms with E-state index in [4.69, 9.17) is 0 Å². The highest BCUT2D eigenvalue weighted by molar-refractivity contribution is 7.98. The van der Waals surface area contributed by atoms with Crippen LogP contribution in [0.2, 0.25) is 0 Å². The zero-order valence-corrected chi connectivity index (χ0v) is 15.5. The van der Waals surface area contributed by atoms with E-state index in [1.165, 1.54) is 34.3 Å². The summed E-state index contributed by atoms with van der Waals surface area (Å²) >= 11 is 3.04. The van der Waals surface area contributed by atoms with Crippen molar-refractivity contribution in [1.82, 2.24) is 14.8 Å². The highest BCUT2D eigenvalue weighted by Gasteiger charge is 2.30. The Bertz CT molecular complexity index is 897. The van der Waals surface area contributed by atoms with Gasteiger partial charge in [0.2, 0.25) is 0 Å². The lowest BCUT2D eigenvalue weighted by atomic mass is 10.1. The number of hydrogen-bond acceptors (Lipinski definition) is 4. The number of halogens is 3. The summed E-state index contributed by atoms with van der Waals surface area (Å²) in [6.45, 7) is 4.11. The van der Waals surface area contributed by atoms with Gasteiger partial charge in [-0.05, 0) is 31.0 Å². The molecule has 0 spiro atoms. The molecule has 8 heteroatoms. The fourth-order valence-corrected chi connectivity index (χ4v) is 4.11. The second kappa shape index (κ2) is 6.84. The molecule has 0 aliphatic carbocycles. The molecule has 0 fully saturated rings. The van der Waals surface area contributed by atoms with Crippen molar-refractivity contribution in [3.05, 3.63) is 51.2 Å². The molecule has 3 nitrogen and oxygen atoms in total. The van der Waals surface area contributed by atoms with Crippen molar-refractivity contribution in [1.29, 1.82) is 0 Å². The molecule has 132 valence electrons. The number of thiophene rings is 1. The summed E-state index contributed by atoms with van der Waals surface area (Å²) in [5.41, 5.74) is 2.19. The molecule has 2 heterocycles. The third kappa shape index (κ3) is 3.74. The van der Waals surface area contributed by atoms with Gasteiger partial charge in [-0.1, -0.05) is 30.0 Å². The van der Waals surface area contributed by atoms with Gasteiger partial charge in [0.25, 0.3) is 0 Å². The molecular formula is C17H16F3N3S2. The molecule has 0 unspecified atom stereocenters. The minimum absolute atomic E-state index is 0.400. The molecule has 0 aliphatic rings. The largest absolute Gasteiger partial charge is 0.416 e. The van der Waals surface area contributed by atoms with E-state index in [0.29, 0.717) is 16.5 Å². The highest BCUT2D eigenvalue weighted by Crippen LogP contribution is 2.33. The van der Waals surface area contributed by atoms with Gasteiger partial charge in [-0.2, -0.15) is 13.2 Å². The topological polar surface area (TPSA) is 30.7 Å². The number of hydrogen-bond donors (Lipinski definition) is 0. The van der Waals surface area contributed by atoms with Gasteiger partial charge < -0.3 is 4.57 Å². The van der Waals surface area contributed by atoms with Gasteiger partial charge in [0.1, 0.15) is 0 Å². The van der Waals surface area contributed by atoms with E-state index in [2.05, 4.69) is 22.5 Å². The quantitative estimate of drug-likeness (QED) is 0.560. The minimum Gasteiger partial charge on any atom is -0.305 e. The predicted molar refractivity (Wildman–Crippen MR) is 94.8 cm³/mol.